The number of hydrogen-bond acceptors (Lipinski definition) is 4. The van der Waals surface area contributed by atoms with E-state index in [9.17, 15) is 4.79 Å². The highest BCUT2D eigenvalue weighted by Crippen LogP contribution is 2.22. The summed E-state index contributed by atoms with van der Waals surface area (Å²) in [7, 11) is 1.92. The van der Waals surface area contributed by atoms with Crippen LogP contribution in [0.1, 0.15) is 12.0 Å². The van der Waals surface area contributed by atoms with Gasteiger partial charge in [-0.3, -0.25) is 14.4 Å². The monoisotopic (exact) mass is 342 g/mol. The van der Waals surface area contributed by atoms with E-state index in [4.69, 9.17) is 4.74 Å². The van der Waals surface area contributed by atoms with Crippen LogP contribution in [0.4, 0.5) is 0 Å². The maximum Gasteiger partial charge on any atom is 0.220 e. The van der Waals surface area contributed by atoms with Crippen molar-refractivity contribution in [3.05, 3.63) is 42.1 Å². The first-order valence-electron chi connectivity index (χ1n) is 8.87. The predicted molar refractivity (Wildman–Crippen MR) is 97.2 cm³/mol. The zero-order valence-corrected chi connectivity index (χ0v) is 14.8. The van der Waals surface area contributed by atoms with Crippen molar-refractivity contribution in [1.82, 2.24) is 20.0 Å². The molecule has 0 atom stereocenters. The number of nitrogens with one attached hydrogen (secondary N) is 1. The van der Waals surface area contributed by atoms with Gasteiger partial charge >= 0.3 is 0 Å². The highest BCUT2D eigenvalue weighted by molar-refractivity contribution is 5.76. The average molecular weight is 342 g/mol. The predicted octanol–water partition coefficient (Wildman–Crippen LogP) is 1.47. The zero-order chi connectivity index (χ0) is 17.5. The fourth-order valence-corrected chi connectivity index (χ4v) is 3.07. The van der Waals surface area contributed by atoms with Crippen LogP contribution in [0.3, 0.4) is 0 Å². The molecule has 0 aliphatic carbocycles. The summed E-state index contributed by atoms with van der Waals surface area (Å²) in [4.78, 5) is 14.4. The minimum atomic E-state index is 0.0936. The van der Waals surface area contributed by atoms with Crippen LogP contribution in [-0.2, 0) is 23.0 Å². The number of amides is 1. The van der Waals surface area contributed by atoms with E-state index < -0.39 is 0 Å². The van der Waals surface area contributed by atoms with Crippen LogP contribution in [0.15, 0.2) is 36.5 Å². The van der Waals surface area contributed by atoms with Crippen molar-refractivity contribution >= 4 is 5.91 Å². The maximum atomic E-state index is 12.1. The minimum Gasteiger partial charge on any atom is -0.379 e. The number of ether oxygens (including phenoxy) is 1. The summed E-state index contributed by atoms with van der Waals surface area (Å²) in [6, 6.07) is 10.1. The number of carbonyl (C=O) groups excluding carboxylic acids is 1. The first-order valence-corrected chi connectivity index (χ1v) is 8.87. The molecule has 0 spiro atoms. The van der Waals surface area contributed by atoms with Crippen LogP contribution >= 0.6 is 0 Å². The third-order valence-corrected chi connectivity index (χ3v) is 4.43. The van der Waals surface area contributed by atoms with E-state index >= 15 is 0 Å². The molecular formula is C19H26N4O2. The van der Waals surface area contributed by atoms with E-state index in [0.29, 0.717) is 19.4 Å². The van der Waals surface area contributed by atoms with Gasteiger partial charge < -0.3 is 10.1 Å². The zero-order valence-electron chi connectivity index (χ0n) is 14.8. The summed E-state index contributed by atoms with van der Waals surface area (Å²) in [5.74, 6) is 0.0936. The van der Waals surface area contributed by atoms with Gasteiger partial charge in [-0.15, -0.1) is 0 Å². The molecule has 0 radical (unpaired) electrons. The summed E-state index contributed by atoms with van der Waals surface area (Å²) < 4.78 is 7.14. The first-order chi connectivity index (χ1) is 12.2. The molecule has 0 saturated carbocycles. The number of carbonyl (C=O) groups is 1. The highest BCUT2D eigenvalue weighted by atomic mass is 16.5. The second-order valence-corrected chi connectivity index (χ2v) is 6.35. The number of benzene rings is 1. The Hall–Kier alpha value is -2.18. The fraction of sp³-hybridized carbons (Fsp3) is 0.474. The molecule has 2 aromatic rings. The molecular weight excluding hydrogens is 316 g/mol. The largest absolute Gasteiger partial charge is 0.379 e. The number of aryl methyl sites for hydroxylation is 2. The summed E-state index contributed by atoms with van der Waals surface area (Å²) in [5.41, 5.74) is 3.16. The van der Waals surface area contributed by atoms with E-state index in [0.717, 1.165) is 49.7 Å². The number of nitrogens with zero attached hydrogens (tertiary/aromatic N) is 3. The Morgan fingerprint density at radius 1 is 1.24 bits per heavy atom. The highest BCUT2D eigenvalue weighted by Gasteiger charge is 2.13. The molecule has 0 unspecified atom stereocenters. The van der Waals surface area contributed by atoms with Crippen molar-refractivity contribution in [3.63, 3.8) is 0 Å². The van der Waals surface area contributed by atoms with E-state index in [1.54, 1.807) is 0 Å². The van der Waals surface area contributed by atoms with Gasteiger partial charge in [-0.05, 0) is 12.0 Å². The van der Waals surface area contributed by atoms with Gasteiger partial charge in [0.05, 0.1) is 18.9 Å². The van der Waals surface area contributed by atoms with Crippen LogP contribution in [0.2, 0.25) is 0 Å². The summed E-state index contributed by atoms with van der Waals surface area (Å²) >= 11 is 0. The van der Waals surface area contributed by atoms with Crippen LogP contribution in [0.25, 0.3) is 11.3 Å². The van der Waals surface area contributed by atoms with Gasteiger partial charge in [0.1, 0.15) is 0 Å². The van der Waals surface area contributed by atoms with Crippen LogP contribution < -0.4 is 5.32 Å². The Morgan fingerprint density at radius 3 is 2.76 bits per heavy atom. The molecule has 134 valence electrons. The van der Waals surface area contributed by atoms with Gasteiger partial charge in [-0.1, -0.05) is 30.3 Å². The summed E-state index contributed by atoms with van der Waals surface area (Å²) in [6.45, 7) is 5.06. The second-order valence-electron chi connectivity index (χ2n) is 6.35. The fourth-order valence-electron chi connectivity index (χ4n) is 3.07. The van der Waals surface area contributed by atoms with Crippen molar-refractivity contribution in [2.45, 2.75) is 12.8 Å². The Labute approximate surface area is 148 Å². The molecule has 1 saturated heterocycles. The van der Waals surface area contributed by atoms with Gasteiger partial charge in [0.2, 0.25) is 5.91 Å². The minimum absolute atomic E-state index is 0.0936. The molecule has 25 heavy (non-hydrogen) atoms. The lowest BCUT2D eigenvalue weighted by Crippen LogP contribution is -2.41. The Morgan fingerprint density at radius 2 is 2.00 bits per heavy atom. The lowest BCUT2D eigenvalue weighted by molar-refractivity contribution is -0.121. The van der Waals surface area contributed by atoms with Crippen molar-refractivity contribution in [2.75, 3.05) is 39.4 Å². The lowest BCUT2D eigenvalue weighted by Gasteiger charge is -2.26. The van der Waals surface area contributed by atoms with Crippen molar-refractivity contribution in [1.29, 1.82) is 0 Å². The molecule has 6 heteroatoms. The first kappa shape index (κ1) is 17.6. The topological polar surface area (TPSA) is 59.4 Å². The molecule has 6 nitrogen and oxygen atoms in total. The molecule has 1 aromatic carbocycles. The van der Waals surface area contributed by atoms with Gasteiger partial charge in [-0.2, -0.15) is 5.10 Å². The van der Waals surface area contributed by atoms with E-state index in [2.05, 4.69) is 15.3 Å². The molecule has 1 N–H and O–H groups in total. The standard InChI is InChI=1S/C19H26N4O2/c1-22-15-17(19(21-22)16-5-3-2-4-6-16)7-8-18(24)20-9-10-23-11-13-25-14-12-23/h2-6,15H,7-14H2,1H3,(H,20,24). The summed E-state index contributed by atoms with van der Waals surface area (Å²) in [5, 5.41) is 7.57. The van der Waals surface area contributed by atoms with Gasteiger partial charge in [0, 0.05) is 51.4 Å². The van der Waals surface area contributed by atoms with Crippen molar-refractivity contribution < 1.29 is 9.53 Å². The Bertz CT molecular complexity index is 678. The molecule has 2 heterocycles. The molecule has 1 aliphatic rings. The summed E-state index contributed by atoms with van der Waals surface area (Å²) in [6.07, 6.45) is 3.18. The third-order valence-electron chi connectivity index (χ3n) is 4.43. The smallest absolute Gasteiger partial charge is 0.220 e. The van der Waals surface area contributed by atoms with Crippen LogP contribution in [-0.4, -0.2) is 60.0 Å². The molecule has 3 rings (SSSR count). The normalized spacial score (nSPS) is 15.2. The second kappa shape index (κ2) is 8.78. The Kier molecular flexibility index (Phi) is 6.19. The number of aromatic nitrogens is 2. The van der Waals surface area contributed by atoms with Gasteiger partial charge in [0.15, 0.2) is 0 Å². The number of morpholine rings is 1. The van der Waals surface area contributed by atoms with E-state index in [1.807, 2.05) is 48.3 Å². The van der Waals surface area contributed by atoms with Crippen molar-refractivity contribution in [2.24, 2.45) is 7.05 Å². The molecule has 1 amide bonds. The lowest BCUT2D eigenvalue weighted by atomic mass is 10.0. The number of rotatable bonds is 7. The maximum absolute atomic E-state index is 12.1. The Balaban J connectivity index is 1.47. The van der Waals surface area contributed by atoms with Crippen LogP contribution in [0.5, 0.6) is 0 Å². The molecule has 1 aromatic heterocycles. The third kappa shape index (κ3) is 5.14. The molecule has 1 aliphatic heterocycles. The van der Waals surface area contributed by atoms with Gasteiger partial charge in [-0.25, -0.2) is 0 Å². The molecule has 1 fully saturated rings. The molecule has 0 bridgehead atoms. The quantitative estimate of drug-likeness (QED) is 0.828. The van der Waals surface area contributed by atoms with E-state index in [-0.39, 0.29) is 5.91 Å². The van der Waals surface area contributed by atoms with Gasteiger partial charge in [0.25, 0.3) is 0 Å². The SMILES string of the molecule is Cn1cc(CCC(=O)NCCN2CCOCC2)c(-c2ccccc2)n1. The average Bonchev–Trinajstić information content (AvgIpc) is 3.02. The van der Waals surface area contributed by atoms with E-state index in [1.165, 1.54) is 0 Å². The van der Waals surface area contributed by atoms with Crippen LogP contribution in [0, 0.1) is 0 Å². The van der Waals surface area contributed by atoms with Crippen molar-refractivity contribution in [3.8, 4) is 11.3 Å². The number of hydrogen-bond donors (Lipinski definition) is 1.